The van der Waals surface area contributed by atoms with E-state index in [2.05, 4.69) is 20.7 Å². The van der Waals surface area contributed by atoms with E-state index in [0.717, 1.165) is 30.6 Å². The molecule has 1 aromatic carbocycles. The molecule has 1 saturated heterocycles. The summed E-state index contributed by atoms with van der Waals surface area (Å²) < 4.78 is 1.76. The van der Waals surface area contributed by atoms with Crippen LogP contribution in [0.1, 0.15) is 18.4 Å². The lowest BCUT2D eigenvalue weighted by Crippen LogP contribution is -2.35. The van der Waals surface area contributed by atoms with Crippen LogP contribution in [0.5, 0.6) is 0 Å². The van der Waals surface area contributed by atoms with Gasteiger partial charge < -0.3 is 10.6 Å². The van der Waals surface area contributed by atoms with Gasteiger partial charge in [-0.2, -0.15) is 5.10 Å². The van der Waals surface area contributed by atoms with E-state index in [0.29, 0.717) is 6.54 Å². The predicted molar refractivity (Wildman–Crippen MR) is 75.2 cm³/mol. The summed E-state index contributed by atoms with van der Waals surface area (Å²) >= 11 is 0. The Morgan fingerprint density at radius 3 is 2.90 bits per heavy atom. The minimum Gasteiger partial charge on any atom is -0.325 e. The Hall–Kier alpha value is -2.21. The van der Waals surface area contributed by atoms with Crippen LogP contribution in [0.3, 0.4) is 0 Å². The summed E-state index contributed by atoms with van der Waals surface area (Å²) in [4.78, 5) is 15.9. The SMILES string of the molecule is O=C(Nc1ccc(Cn2cncn2)cc1)C1CCCN1. The van der Waals surface area contributed by atoms with Gasteiger partial charge in [0.05, 0.1) is 12.6 Å². The second-order valence-electron chi connectivity index (χ2n) is 4.93. The smallest absolute Gasteiger partial charge is 0.241 e. The minimum absolute atomic E-state index is 0.0477. The van der Waals surface area contributed by atoms with E-state index >= 15 is 0 Å². The molecule has 1 unspecified atom stereocenters. The maximum absolute atomic E-state index is 12.0. The van der Waals surface area contributed by atoms with Crippen molar-refractivity contribution in [1.82, 2.24) is 20.1 Å². The van der Waals surface area contributed by atoms with Crippen molar-refractivity contribution >= 4 is 11.6 Å². The predicted octanol–water partition coefficient (Wildman–Crippen LogP) is 1.02. The van der Waals surface area contributed by atoms with Crippen LogP contribution < -0.4 is 10.6 Å². The second-order valence-corrected chi connectivity index (χ2v) is 4.93. The Labute approximate surface area is 117 Å². The molecule has 1 atom stereocenters. The summed E-state index contributed by atoms with van der Waals surface area (Å²) in [6, 6.07) is 7.75. The number of amides is 1. The number of hydrogen-bond donors (Lipinski definition) is 2. The maximum atomic E-state index is 12.0. The molecule has 1 aliphatic rings. The highest BCUT2D eigenvalue weighted by molar-refractivity contribution is 5.95. The molecule has 1 aliphatic heterocycles. The first-order valence-corrected chi connectivity index (χ1v) is 6.77. The number of carbonyl (C=O) groups is 1. The summed E-state index contributed by atoms with van der Waals surface area (Å²) in [5.74, 6) is 0.0477. The van der Waals surface area contributed by atoms with Crippen molar-refractivity contribution in [3.8, 4) is 0 Å². The molecule has 2 N–H and O–H groups in total. The number of aromatic nitrogens is 3. The van der Waals surface area contributed by atoms with Crippen molar-refractivity contribution < 1.29 is 4.79 Å². The van der Waals surface area contributed by atoms with E-state index in [1.165, 1.54) is 6.33 Å². The second kappa shape index (κ2) is 5.83. The zero-order valence-electron chi connectivity index (χ0n) is 11.1. The summed E-state index contributed by atoms with van der Waals surface area (Å²) in [5.41, 5.74) is 1.94. The Bertz CT molecular complexity index is 558. The summed E-state index contributed by atoms with van der Waals surface area (Å²) in [6.07, 6.45) is 5.18. The molecule has 2 heterocycles. The fourth-order valence-corrected chi connectivity index (χ4v) is 2.33. The standard InChI is InChI=1S/C14H17N5O/c20-14(13-2-1-7-16-13)18-12-5-3-11(4-6-12)8-19-10-15-9-17-19/h3-6,9-10,13,16H,1-2,7-8H2,(H,18,20). The molecule has 0 aliphatic carbocycles. The largest absolute Gasteiger partial charge is 0.325 e. The van der Waals surface area contributed by atoms with E-state index in [1.54, 1.807) is 11.0 Å². The first-order valence-electron chi connectivity index (χ1n) is 6.77. The first-order chi connectivity index (χ1) is 9.81. The van der Waals surface area contributed by atoms with Crippen LogP contribution in [0.25, 0.3) is 0 Å². The van der Waals surface area contributed by atoms with Crippen LogP contribution in [0.15, 0.2) is 36.9 Å². The number of nitrogens with one attached hydrogen (secondary N) is 2. The van der Waals surface area contributed by atoms with Crippen molar-refractivity contribution in [3.63, 3.8) is 0 Å². The maximum Gasteiger partial charge on any atom is 0.241 e. The topological polar surface area (TPSA) is 71.8 Å². The van der Waals surface area contributed by atoms with E-state index < -0.39 is 0 Å². The molecular weight excluding hydrogens is 254 g/mol. The molecule has 1 aromatic heterocycles. The van der Waals surface area contributed by atoms with Gasteiger partial charge in [-0.15, -0.1) is 0 Å². The molecule has 0 saturated carbocycles. The number of hydrogen-bond acceptors (Lipinski definition) is 4. The van der Waals surface area contributed by atoms with Gasteiger partial charge in [0, 0.05) is 5.69 Å². The van der Waals surface area contributed by atoms with Gasteiger partial charge in [-0.05, 0) is 37.1 Å². The number of nitrogens with zero attached hydrogens (tertiary/aromatic N) is 3. The van der Waals surface area contributed by atoms with Crippen LogP contribution in [0.2, 0.25) is 0 Å². The Morgan fingerprint density at radius 1 is 1.40 bits per heavy atom. The lowest BCUT2D eigenvalue weighted by Gasteiger charge is -2.11. The van der Waals surface area contributed by atoms with Gasteiger partial charge >= 0.3 is 0 Å². The van der Waals surface area contributed by atoms with Crippen molar-refractivity contribution in [2.24, 2.45) is 0 Å². The van der Waals surface area contributed by atoms with Crippen LogP contribution in [-0.2, 0) is 11.3 Å². The normalized spacial score (nSPS) is 18.1. The highest BCUT2D eigenvalue weighted by atomic mass is 16.2. The van der Waals surface area contributed by atoms with Gasteiger partial charge in [0.25, 0.3) is 0 Å². The summed E-state index contributed by atoms with van der Waals surface area (Å²) in [7, 11) is 0. The van der Waals surface area contributed by atoms with Gasteiger partial charge in [-0.3, -0.25) is 4.79 Å². The molecule has 1 amide bonds. The number of anilines is 1. The average molecular weight is 271 g/mol. The van der Waals surface area contributed by atoms with Crippen molar-refractivity contribution in [3.05, 3.63) is 42.5 Å². The van der Waals surface area contributed by atoms with Crippen LogP contribution in [0.4, 0.5) is 5.69 Å². The lowest BCUT2D eigenvalue weighted by atomic mass is 10.2. The van der Waals surface area contributed by atoms with Crippen molar-refractivity contribution in [2.75, 3.05) is 11.9 Å². The van der Waals surface area contributed by atoms with E-state index in [-0.39, 0.29) is 11.9 Å². The summed E-state index contributed by atoms with van der Waals surface area (Å²) in [5, 5.41) is 10.2. The highest BCUT2D eigenvalue weighted by Crippen LogP contribution is 2.13. The van der Waals surface area contributed by atoms with Gasteiger partial charge in [0.15, 0.2) is 0 Å². The quantitative estimate of drug-likeness (QED) is 0.871. The van der Waals surface area contributed by atoms with E-state index in [1.807, 2.05) is 24.3 Å². The molecule has 0 radical (unpaired) electrons. The van der Waals surface area contributed by atoms with Crippen LogP contribution in [-0.4, -0.2) is 33.3 Å². The van der Waals surface area contributed by atoms with Crippen molar-refractivity contribution in [1.29, 1.82) is 0 Å². The molecule has 104 valence electrons. The molecule has 20 heavy (non-hydrogen) atoms. The Balaban J connectivity index is 1.59. The van der Waals surface area contributed by atoms with E-state index in [9.17, 15) is 4.79 Å². The molecule has 1 fully saturated rings. The zero-order valence-corrected chi connectivity index (χ0v) is 11.1. The number of rotatable bonds is 4. The van der Waals surface area contributed by atoms with Gasteiger partial charge in [0.1, 0.15) is 12.7 Å². The molecule has 6 heteroatoms. The number of benzene rings is 1. The van der Waals surface area contributed by atoms with E-state index in [4.69, 9.17) is 0 Å². The van der Waals surface area contributed by atoms with Crippen molar-refractivity contribution in [2.45, 2.75) is 25.4 Å². The third-order valence-electron chi connectivity index (χ3n) is 3.41. The molecule has 6 nitrogen and oxygen atoms in total. The van der Waals surface area contributed by atoms with Crippen LogP contribution in [0, 0.1) is 0 Å². The van der Waals surface area contributed by atoms with Gasteiger partial charge in [-0.1, -0.05) is 12.1 Å². The fourth-order valence-electron chi connectivity index (χ4n) is 2.33. The van der Waals surface area contributed by atoms with Gasteiger partial charge in [0.2, 0.25) is 5.91 Å². The highest BCUT2D eigenvalue weighted by Gasteiger charge is 2.21. The molecule has 0 bridgehead atoms. The molecule has 3 rings (SSSR count). The lowest BCUT2D eigenvalue weighted by molar-refractivity contribution is -0.117. The van der Waals surface area contributed by atoms with Crippen LogP contribution >= 0.6 is 0 Å². The fraction of sp³-hybridized carbons (Fsp3) is 0.357. The van der Waals surface area contributed by atoms with Gasteiger partial charge in [-0.25, -0.2) is 9.67 Å². The number of carbonyl (C=O) groups excluding carboxylic acids is 1. The zero-order chi connectivity index (χ0) is 13.8. The summed E-state index contributed by atoms with van der Waals surface area (Å²) in [6.45, 7) is 1.60. The monoisotopic (exact) mass is 271 g/mol. The minimum atomic E-state index is -0.0511. The molecular formula is C14H17N5O. The molecule has 2 aromatic rings. The third-order valence-corrected chi connectivity index (χ3v) is 3.41. The third kappa shape index (κ3) is 3.03. The average Bonchev–Trinajstić information content (AvgIpc) is 3.13. The Morgan fingerprint density at radius 2 is 2.25 bits per heavy atom. The molecule has 0 spiro atoms. The first kappa shape index (κ1) is 12.8. The Kier molecular flexibility index (Phi) is 3.73.